The van der Waals surface area contributed by atoms with Gasteiger partial charge in [-0.15, -0.1) is 0 Å². The zero-order chi connectivity index (χ0) is 19.1. The van der Waals surface area contributed by atoms with Crippen molar-refractivity contribution < 1.29 is 37.3 Å². The summed E-state index contributed by atoms with van der Waals surface area (Å²) in [5.74, 6) is -1.09. The lowest BCUT2D eigenvalue weighted by Crippen LogP contribution is -2.33. The van der Waals surface area contributed by atoms with E-state index in [9.17, 15) is 22.5 Å². The summed E-state index contributed by atoms with van der Waals surface area (Å²) in [4.78, 5) is 11.0. The lowest BCUT2D eigenvalue weighted by molar-refractivity contribution is -0.138. The van der Waals surface area contributed by atoms with E-state index in [1.54, 1.807) is 18.2 Å². The number of hydrogen-bond donors (Lipinski definition) is 3. The molecule has 2 atom stereocenters. The molecular formula is C15H19F3NO5P. The average Bonchev–Trinajstić information content (AvgIpc) is 2.51. The first-order valence-corrected chi connectivity index (χ1v) is 9.10. The van der Waals surface area contributed by atoms with Gasteiger partial charge in [0.1, 0.15) is 11.8 Å². The number of alkyl halides is 3. The lowest BCUT2D eigenvalue weighted by Gasteiger charge is -2.22. The van der Waals surface area contributed by atoms with E-state index in [2.05, 4.69) is 5.09 Å². The molecular weight excluding hydrogens is 362 g/mol. The maximum absolute atomic E-state index is 12.8. The quantitative estimate of drug-likeness (QED) is 0.449. The highest BCUT2D eigenvalue weighted by Crippen LogP contribution is 2.44. The number of carbonyl (C=O) groups is 1. The summed E-state index contributed by atoms with van der Waals surface area (Å²) in [6, 6.07) is 6.65. The number of allylic oxidation sites excluding steroid dienone is 1. The van der Waals surface area contributed by atoms with Gasteiger partial charge in [0.25, 0.3) is 0 Å². The molecule has 0 saturated heterocycles. The number of aliphatic hydroxyl groups excluding tert-OH is 1. The SMILES string of the molecule is C[C@H](NP(=O)(CC/C=C(/CO)C(F)(F)F)Oc1ccccc1)C(=O)O. The molecule has 0 bridgehead atoms. The maximum atomic E-state index is 12.8. The monoisotopic (exact) mass is 381 g/mol. The number of nitrogens with one attached hydrogen (secondary N) is 1. The van der Waals surface area contributed by atoms with Gasteiger partial charge in [-0.25, -0.2) is 5.09 Å². The van der Waals surface area contributed by atoms with E-state index in [0.29, 0.717) is 6.08 Å². The predicted molar refractivity (Wildman–Crippen MR) is 85.6 cm³/mol. The Morgan fingerprint density at radius 1 is 1.36 bits per heavy atom. The van der Waals surface area contributed by atoms with Crippen molar-refractivity contribution in [2.45, 2.75) is 25.6 Å². The summed E-state index contributed by atoms with van der Waals surface area (Å²) in [6.07, 6.45) is -4.67. The third-order valence-corrected chi connectivity index (χ3v) is 5.24. The summed E-state index contributed by atoms with van der Waals surface area (Å²) in [7, 11) is -3.79. The number of benzene rings is 1. The molecule has 1 unspecified atom stereocenters. The fourth-order valence-corrected chi connectivity index (χ4v) is 3.72. The van der Waals surface area contributed by atoms with Gasteiger partial charge in [-0.05, 0) is 25.5 Å². The van der Waals surface area contributed by atoms with Crippen molar-refractivity contribution in [3.05, 3.63) is 42.0 Å². The van der Waals surface area contributed by atoms with Crippen LogP contribution in [-0.4, -0.2) is 41.2 Å². The molecule has 0 saturated carbocycles. The third-order valence-electron chi connectivity index (χ3n) is 3.11. The maximum Gasteiger partial charge on any atom is 0.414 e. The van der Waals surface area contributed by atoms with Gasteiger partial charge in [0.15, 0.2) is 0 Å². The van der Waals surface area contributed by atoms with E-state index < -0.39 is 37.9 Å². The van der Waals surface area contributed by atoms with E-state index in [0.717, 1.165) is 0 Å². The molecule has 0 heterocycles. The van der Waals surface area contributed by atoms with Crippen molar-refractivity contribution in [2.75, 3.05) is 12.8 Å². The second-order valence-electron chi connectivity index (χ2n) is 5.16. The minimum absolute atomic E-state index is 0.193. The Labute approximate surface area is 142 Å². The van der Waals surface area contributed by atoms with Gasteiger partial charge in [0, 0.05) is 0 Å². The Hall–Kier alpha value is -1.83. The number of para-hydroxylation sites is 1. The number of aliphatic hydroxyl groups is 1. The molecule has 10 heteroatoms. The molecule has 0 aromatic heterocycles. The van der Waals surface area contributed by atoms with Crippen LogP contribution in [0.1, 0.15) is 13.3 Å². The molecule has 0 aliphatic heterocycles. The Morgan fingerprint density at radius 3 is 2.44 bits per heavy atom. The minimum atomic E-state index is -4.69. The Balaban J connectivity index is 2.93. The zero-order valence-electron chi connectivity index (χ0n) is 13.4. The minimum Gasteiger partial charge on any atom is -0.480 e. The number of carboxylic acid groups (broad SMARTS) is 1. The van der Waals surface area contributed by atoms with Crippen LogP contribution in [0, 0.1) is 0 Å². The summed E-state index contributed by atoms with van der Waals surface area (Å²) in [6.45, 7) is 0.0420. The topological polar surface area (TPSA) is 95.9 Å². The molecule has 0 fully saturated rings. The van der Waals surface area contributed by atoms with Crippen molar-refractivity contribution in [1.29, 1.82) is 0 Å². The standard InChI is InChI=1S/C15H19F3NO5P/c1-11(14(21)22)19-25(23,24-13-7-3-2-4-8-13)9-5-6-12(10-20)15(16,17)18/h2-4,6-8,11,20H,5,9-10H2,1H3,(H,19,23)(H,21,22)/b12-6-/t11-,25?/m0/s1. The van der Waals surface area contributed by atoms with Gasteiger partial charge in [-0.2, -0.15) is 13.2 Å². The van der Waals surface area contributed by atoms with Crippen LogP contribution < -0.4 is 9.61 Å². The fraction of sp³-hybridized carbons (Fsp3) is 0.400. The smallest absolute Gasteiger partial charge is 0.414 e. The number of halogens is 3. The van der Waals surface area contributed by atoms with Gasteiger partial charge in [-0.1, -0.05) is 24.3 Å². The van der Waals surface area contributed by atoms with Crippen molar-refractivity contribution in [2.24, 2.45) is 0 Å². The van der Waals surface area contributed by atoms with Crippen LogP contribution in [0.3, 0.4) is 0 Å². The molecule has 1 aromatic rings. The van der Waals surface area contributed by atoms with Gasteiger partial charge in [-0.3, -0.25) is 9.36 Å². The third kappa shape index (κ3) is 7.29. The van der Waals surface area contributed by atoms with Crippen molar-refractivity contribution in [3.8, 4) is 5.75 Å². The van der Waals surface area contributed by atoms with Crippen LogP contribution in [-0.2, 0) is 9.36 Å². The zero-order valence-corrected chi connectivity index (χ0v) is 14.3. The van der Waals surface area contributed by atoms with Gasteiger partial charge >= 0.3 is 19.7 Å². The van der Waals surface area contributed by atoms with E-state index >= 15 is 0 Å². The Morgan fingerprint density at radius 2 is 1.96 bits per heavy atom. The fourth-order valence-electron chi connectivity index (χ4n) is 1.82. The van der Waals surface area contributed by atoms with Crippen molar-refractivity contribution in [1.82, 2.24) is 5.09 Å². The molecule has 1 aromatic carbocycles. The largest absolute Gasteiger partial charge is 0.480 e. The number of rotatable bonds is 9. The summed E-state index contributed by atoms with van der Waals surface area (Å²) >= 11 is 0. The van der Waals surface area contributed by atoms with Crippen LogP contribution in [0.4, 0.5) is 13.2 Å². The molecule has 3 N–H and O–H groups in total. The molecule has 0 amide bonds. The first-order valence-electron chi connectivity index (χ1n) is 7.29. The highest BCUT2D eigenvalue weighted by Gasteiger charge is 2.33. The number of hydrogen-bond acceptors (Lipinski definition) is 4. The summed E-state index contributed by atoms with van der Waals surface area (Å²) in [5, 5.41) is 20.0. The van der Waals surface area contributed by atoms with E-state index in [1.807, 2.05) is 0 Å². The average molecular weight is 381 g/mol. The molecule has 0 spiro atoms. The normalized spacial score (nSPS) is 16.1. The molecule has 0 aliphatic rings. The Bertz CT molecular complexity index is 648. The number of carboxylic acids is 1. The predicted octanol–water partition coefficient (Wildman–Crippen LogP) is 3.19. The van der Waals surface area contributed by atoms with Crippen LogP contribution in [0.25, 0.3) is 0 Å². The van der Waals surface area contributed by atoms with E-state index in [1.165, 1.54) is 19.1 Å². The lowest BCUT2D eigenvalue weighted by atomic mass is 10.2. The van der Waals surface area contributed by atoms with E-state index in [4.69, 9.17) is 14.7 Å². The first-order chi connectivity index (χ1) is 11.6. The van der Waals surface area contributed by atoms with Crippen LogP contribution >= 0.6 is 7.52 Å². The Kier molecular flexibility index (Phi) is 7.66. The highest BCUT2D eigenvalue weighted by molar-refractivity contribution is 7.57. The van der Waals surface area contributed by atoms with Gasteiger partial charge in [0.2, 0.25) is 0 Å². The molecule has 1 rings (SSSR count). The summed E-state index contributed by atoms with van der Waals surface area (Å²) in [5.41, 5.74) is -1.16. The van der Waals surface area contributed by atoms with Crippen molar-refractivity contribution in [3.63, 3.8) is 0 Å². The van der Waals surface area contributed by atoms with Crippen molar-refractivity contribution >= 4 is 13.5 Å². The van der Waals surface area contributed by atoms with Crippen LogP contribution in [0.5, 0.6) is 5.75 Å². The second kappa shape index (κ2) is 9.03. The molecule has 25 heavy (non-hydrogen) atoms. The van der Waals surface area contributed by atoms with Gasteiger partial charge < -0.3 is 14.7 Å². The molecule has 6 nitrogen and oxygen atoms in total. The van der Waals surface area contributed by atoms with Crippen LogP contribution in [0.2, 0.25) is 0 Å². The van der Waals surface area contributed by atoms with E-state index in [-0.39, 0.29) is 18.3 Å². The summed E-state index contributed by atoms with van der Waals surface area (Å²) < 4.78 is 55.9. The highest BCUT2D eigenvalue weighted by atomic mass is 31.2. The molecule has 0 aliphatic carbocycles. The van der Waals surface area contributed by atoms with Gasteiger partial charge in [0.05, 0.1) is 18.3 Å². The van der Waals surface area contributed by atoms with Crippen LogP contribution in [0.15, 0.2) is 42.0 Å². The second-order valence-corrected chi connectivity index (χ2v) is 7.40. The number of aliphatic carboxylic acids is 1. The molecule has 140 valence electrons. The first kappa shape index (κ1) is 21.2. The molecule has 0 radical (unpaired) electrons.